The fraction of sp³-hybridized carbons (Fsp3) is 0. The van der Waals surface area contributed by atoms with Crippen LogP contribution in [0.3, 0.4) is 0 Å². The van der Waals surface area contributed by atoms with E-state index in [0.29, 0.717) is 50.1 Å². The first kappa shape index (κ1) is 48.7. The smallest absolute Gasteiger partial charge is 0.238 e. The van der Waals surface area contributed by atoms with Gasteiger partial charge in [-0.05, 0) is 165 Å². The lowest BCUT2D eigenvalue weighted by molar-refractivity contribution is 0.668. The molecule has 0 amide bonds. The number of aromatic nitrogens is 8. The maximum absolute atomic E-state index is 9.94. The third kappa shape index (κ3) is 11.3. The molecule has 17 aromatic carbocycles. The first-order chi connectivity index (χ1) is 69.1. The van der Waals surface area contributed by atoms with Gasteiger partial charge in [-0.2, -0.15) is 19.9 Å². The van der Waals surface area contributed by atoms with Gasteiger partial charge in [0.25, 0.3) is 0 Å². The third-order valence-electron chi connectivity index (χ3n) is 21.6. The fourth-order valence-electron chi connectivity index (χ4n) is 16.2. The molecule has 0 aliphatic heterocycles. The van der Waals surface area contributed by atoms with Gasteiger partial charge in [0.05, 0.1) is 64.4 Å². The molecule has 0 radical (unpaired) electrons. The second-order valence-electron chi connectivity index (χ2n) is 28.5. The molecule has 0 N–H and O–H groups in total. The molecule has 0 aliphatic rings. The second kappa shape index (κ2) is 27.7. The number of rotatable bonds is 11. The summed E-state index contributed by atoms with van der Waals surface area (Å²) in [4.78, 5) is 30.2. The van der Waals surface area contributed by atoms with Crippen LogP contribution in [0, 0.1) is 0 Å². The van der Waals surface area contributed by atoms with Gasteiger partial charge in [0.2, 0.25) is 11.9 Å². The van der Waals surface area contributed by atoms with Crippen molar-refractivity contribution in [2.75, 3.05) is 0 Å². The summed E-state index contributed by atoms with van der Waals surface area (Å²) in [5.41, 5.74) is 8.99. The van der Waals surface area contributed by atoms with Crippen molar-refractivity contribution in [1.29, 1.82) is 0 Å². The van der Waals surface area contributed by atoms with Gasteiger partial charge in [0, 0.05) is 76.1 Å². The quantitative estimate of drug-likeness (QED) is 0.123. The summed E-state index contributed by atoms with van der Waals surface area (Å²) in [5.74, 6) is -0.468. The average molecular weight is 1560 g/mol. The molecule has 8 heterocycles. The van der Waals surface area contributed by atoms with Crippen molar-refractivity contribution in [3.8, 4) is 113 Å². The summed E-state index contributed by atoms with van der Waals surface area (Å²) in [7, 11) is 0. The van der Waals surface area contributed by atoms with Gasteiger partial charge in [-0.3, -0.25) is 9.13 Å². The monoisotopic (exact) mass is 1560 g/mol. The molecule has 12 heteroatoms. The minimum absolute atomic E-state index is 0.0101. The first-order valence-electron chi connectivity index (χ1n) is 49.7. The molecule has 0 atom stereocenters. The van der Waals surface area contributed by atoms with E-state index in [1.165, 1.54) is 9.13 Å². The number of hydrogen-bond acceptors (Lipinski definition) is 10. The molecule has 0 saturated heterocycles. The molecule has 0 fully saturated rings. The van der Waals surface area contributed by atoms with E-state index >= 15 is 0 Å². The Balaban J connectivity index is 0.000000155. The summed E-state index contributed by atoms with van der Waals surface area (Å²) >= 11 is 0. The van der Waals surface area contributed by atoms with E-state index in [2.05, 4.69) is 0 Å². The topological polar surface area (TPSA) is 140 Å². The molecule has 25 rings (SSSR count). The fourth-order valence-corrected chi connectivity index (χ4v) is 16.2. The van der Waals surface area contributed by atoms with Gasteiger partial charge in [0.1, 0.15) is 44.7 Å². The zero-order valence-electron chi connectivity index (χ0n) is 85.4. The van der Waals surface area contributed by atoms with Crippen LogP contribution in [0.15, 0.2) is 405 Å². The normalized spacial score (nSPS) is 14.5. The van der Waals surface area contributed by atoms with Gasteiger partial charge >= 0.3 is 0 Å². The van der Waals surface area contributed by atoms with Crippen molar-refractivity contribution < 1.29 is 49.2 Å². The molecule has 0 saturated carbocycles. The standard InChI is InChI=1S/C57H34N4O2.C51H30N4O2/c1-4-15-35(16-5-1)39-31-40(36-17-6-2-7-18-36)33-41(32-39)56-58-55(38-27-28-46-51(34-38)63-49-26-14-23-42(52(46)49)37-19-8-3-9-20-37)59-57(60-56)61-47-24-12-10-21-43(47)44-29-30-50-53(54(44)61)45-22-11-13-25-48(45)62-50;1-3-13-31(14-4-1)33-17-11-18-34(29-33)49-52-50(35-25-26-40-45(30-35)57-43-24-12-21-36(46(40)43)32-15-5-2-6-16-32)54-51(53-49)55-41-22-9-7-19-37(41)38-27-28-44-47(48(38)55)39-20-8-10-23-42(39)56-44/h1-34H;1-30H/i10D,11D,12D,13D,21D,22D,24D,25D,29D,30D,31D,32D,33D;7D,8D,9D,10D,19D,20D,22D,23D,27D,28D. The van der Waals surface area contributed by atoms with Gasteiger partial charge < -0.3 is 17.7 Å². The van der Waals surface area contributed by atoms with Gasteiger partial charge in [-0.1, -0.05) is 279 Å². The number of fused-ring (bicyclic) bond motifs is 20. The predicted octanol–water partition coefficient (Wildman–Crippen LogP) is 28.5. The highest BCUT2D eigenvalue weighted by molar-refractivity contribution is 6.26. The molecule has 0 spiro atoms. The van der Waals surface area contributed by atoms with E-state index in [0.717, 1.165) is 54.9 Å². The minimum Gasteiger partial charge on any atom is -0.456 e. The molecule has 12 nitrogen and oxygen atoms in total. The molecule has 0 aliphatic carbocycles. The zero-order valence-corrected chi connectivity index (χ0v) is 62.4. The Kier molecular flexibility index (Phi) is 11.2. The zero-order chi connectivity index (χ0) is 98.9. The largest absolute Gasteiger partial charge is 0.456 e. The summed E-state index contributed by atoms with van der Waals surface area (Å²) in [6.07, 6.45) is 0. The SMILES string of the molecule is [2H]c1c(-c2ccccc2)c([2H])c(-c2nc(-c3ccc4c(c3)oc3cccc(-c5ccccc5)c34)nc(-n3c4c([2H])c([2H])c([2H])c([2H])c4c4c([2H])c([2H])c5oc6c([2H])c([2H])c([2H])c([2H])c6c5c43)n2)c([2H])c1-c1ccccc1.[2H]c1c([2H])c([2H])c2c(oc3c([2H])c([2H])c4c5c([2H])c([2H])c([2H])c([2H])c5n(-c5nc(-c6cccc(-c7ccccc7)c6)nc(-c6ccc7c(c6)oc6cccc(-c8ccccc8)c67)n5)c4c32)c1[2H]. The van der Waals surface area contributed by atoms with Crippen LogP contribution < -0.4 is 0 Å². The van der Waals surface area contributed by atoms with Crippen LogP contribution >= 0.6 is 0 Å². The Morgan fingerprint density at radius 1 is 0.208 bits per heavy atom. The molecule has 0 unspecified atom stereocenters. The van der Waals surface area contributed by atoms with Gasteiger partial charge in [0.15, 0.2) is 23.3 Å². The summed E-state index contributed by atoms with van der Waals surface area (Å²) < 4.78 is 238. The Hall–Kier alpha value is -16.4. The van der Waals surface area contributed by atoms with E-state index in [-0.39, 0.29) is 158 Å². The van der Waals surface area contributed by atoms with Crippen molar-refractivity contribution in [3.63, 3.8) is 0 Å². The van der Waals surface area contributed by atoms with Crippen LogP contribution in [0.5, 0.6) is 0 Å². The Bertz CT molecular complexity index is 9850. The molecular weight excluding hydrogens is 1470 g/mol. The lowest BCUT2D eigenvalue weighted by atomic mass is 9.96. The highest BCUT2D eigenvalue weighted by atomic mass is 16.3. The van der Waals surface area contributed by atoms with Crippen LogP contribution in [0.2, 0.25) is 0 Å². The van der Waals surface area contributed by atoms with Crippen molar-refractivity contribution in [1.82, 2.24) is 39.0 Å². The highest BCUT2D eigenvalue weighted by Crippen LogP contribution is 2.47. The minimum atomic E-state index is -0.665. The number of nitrogens with zero attached hydrogens (tertiary/aromatic N) is 8. The Morgan fingerprint density at radius 2 is 0.558 bits per heavy atom. The van der Waals surface area contributed by atoms with Crippen molar-refractivity contribution >= 4 is 131 Å². The highest BCUT2D eigenvalue weighted by Gasteiger charge is 2.27. The summed E-state index contributed by atoms with van der Waals surface area (Å²) in [6.45, 7) is 0. The van der Waals surface area contributed by atoms with Crippen LogP contribution in [0.1, 0.15) is 31.5 Å². The molecular formula is C108H64N8O4. The maximum atomic E-state index is 9.94. The number of benzene rings is 17. The third-order valence-corrected chi connectivity index (χ3v) is 21.6. The molecule has 560 valence electrons. The van der Waals surface area contributed by atoms with Crippen LogP contribution in [-0.4, -0.2) is 39.0 Å². The molecule has 0 bridgehead atoms. The molecule has 25 aromatic rings. The number of para-hydroxylation sites is 4. The lowest BCUT2D eigenvalue weighted by Gasteiger charge is -2.13. The second-order valence-corrected chi connectivity index (χ2v) is 28.5. The summed E-state index contributed by atoms with van der Waals surface area (Å²) in [5, 5.41) is 2.40. The van der Waals surface area contributed by atoms with Crippen molar-refractivity contribution in [2.24, 2.45) is 0 Å². The van der Waals surface area contributed by atoms with Crippen molar-refractivity contribution in [3.05, 3.63) is 388 Å². The molecule has 120 heavy (non-hydrogen) atoms. The van der Waals surface area contributed by atoms with Crippen LogP contribution in [0.4, 0.5) is 0 Å². The lowest BCUT2D eigenvalue weighted by Crippen LogP contribution is -2.06. The number of furan rings is 4. The first-order valence-corrected chi connectivity index (χ1v) is 38.2. The van der Waals surface area contributed by atoms with Gasteiger partial charge in [-0.25, -0.2) is 9.97 Å². The Labute approximate surface area is 717 Å². The average Bonchev–Trinajstić information content (AvgIpc) is 1.52. The molecule has 8 aromatic heterocycles. The maximum Gasteiger partial charge on any atom is 0.238 e. The van der Waals surface area contributed by atoms with Gasteiger partial charge in [-0.15, -0.1) is 0 Å². The van der Waals surface area contributed by atoms with E-state index in [1.54, 1.807) is 72.8 Å². The van der Waals surface area contributed by atoms with Crippen LogP contribution in [0.25, 0.3) is 244 Å². The van der Waals surface area contributed by atoms with Crippen molar-refractivity contribution in [2.45, 2.75) is 0 Å². The van der Waals surface area contributed by atoms with E-state index in [9.17, 15) is 15.1 Å². The van der Waals surface area contributed by atoms with E-state index in [1.807, 2.05) is 176 Å². The van der Waals surface area contributed by atoms with Crippen LogP contribution in [-0.2, 0) is 0 Å². The predicted molar refractivity (Wildman–Crippen MR) is 486 cm³/mol. The Morgan fingerprint density at radius 3 is 1.01 bits per heavy atom. The van der Waals surface area contributed by atoms with E-state index in [4.69, 9.17) is 64.0 Å². The summed E-state index contributed by atoms with van der Waals surface area (Å²) in [6, 6.07) is 65.9. The number of hydrogen-bond donors (Lipinski definition) is 0. The van der Waals surface area contributed by atoms with E-state index < -0.39 is 121 Å².